The molecular formula is C22H16Br2ClN5OS. The zero-order valence-corrected chi connectivity index (χ0v) is 21.5. The number of aryl methyl sites for hydroxylation is 1. The van der Waals surface area contributed by atoms with Crippen LogP contribution < -0.4 is 5.32 Å². The van der Waals surface area contributed by atoms with Gasteiger partial charge in [0, 0.05) is 25.9 Å². The molecule has 4 rings (SSSR count). The van der Waals surface area contributed by atoms with Crippen molar-refractivity contribution in [2.45, 2.75) is 12.1 Å². The van der Waals surface area contributed by atoms with Crippen molar-refractivity contribution in [2.24, 2.45) is 0 Å². The van der Waals surface area contributed by atoms with E-state index in [9.17, 15) is 4.79 Å². The Balaban J connectivity index is 1.59. The highest BCUT2D eigenvalue weighted by Gasteiger charge is 2.19. The van der Waals surface area contributed by atoms with Crippen molar-refractivity contribution in [3.8, 4) is 17.2 Å². The smallest absolute Gasteiger partial charge is 0.234 e. The van der Waals surface area contributed by atoms with Gasteiger partial charge in [0.1, 0.15) is 5.69 Å². The number of anilines is 1. The first-order valence-corrected chi connectivity index (χ1v) is 12.4. The van der Waals surface area contributed by atoms with Crippen LogP contribution in [0.1, 0.15) is 5.56 Å². The van der Waals surface area contributed by atoms with E-state index in [1.807, 2.05) is 54.0 Å². The molecule has 0 radical (unpaired) electrons. The molecule has 2 aromatic heterocycles. The van der Waals surface area contributed by atoms with E-state index in [-0.39, 0.29) is 11.7 Å². The molecule has 0 bridgehead atoms. The van der Waals surface area contributed by atoms with E-state index in [1.165, 1.54) is 11.8 Å². The number of benzene rings is 2. The van der Waals surface area contributed by atoms with Crippen LogP contribution in [0, 0.1) is 6.92 Å². The molecule has 0 aliphatic heterocycles. The number of thioether (sulfide) groups is 1. The fraction of sp³-hybridized carbons (Fsp3) is 0.0909. The number of aromatic nitrogens is 4. The maximum Gasteiger partial charge on any atom is 0.234 e. The largest absolute Gasteiger partial charge is 0.323 e. The second kappa shape index (κ2) is 10.2. The van der Waals surface area contributed by atoms with E-state index < -0.39 is 0 Å². The van der Waals surface area contributed by atoms with Crippen molar-refractivity contribution in [3.63, 3.8) is 0 Å². The van der Waals surface area contributed by atoms with Gasteiger partial charge in [0.05, 0.1) is 11.4 Å². The molecule has 10 heteroatoms. The van der Waals surface area contributed by atoms with Crippen LogP contribution in [0.15, 0.2) is 74.9 Å². The second-order valence-corrected chi connectivity index (χ2v) is 9.86. The van der Waals surface area contributed by atoms with E-state index in [0.29, 0.717) is 27.4 Å². The van der Waals surface area contributed by atoms with Crippen LogP contribution >= 0.6 is 55.2 Å². The minimum Gasteiger partial charge on any atom is -0.323 e. The van der Waals surface area contributed by atoms with Crippen LogP contribution in [-0.2, 0) is 4.79 Å². The highest BCUT2D eigenvalue weighted by atomic mass is 79.9. The van der Waals surface area contributed by atoms with Crippen LogP contribution in [0.4, 0.5) is 5.69 Å². The summed E-state index contributed by atoms with van der Waals surface area (Å²) >= 11 is 14.4. The number of halogens is 3. The van der Waals surface area contributed by atoms with Gasteiger partial charge in [0.25, 0.3) is 0 Å². The Morgan fingerprint density at radius 2 is 1.81 bits per heavy atom. The van der Waals surface area contributed by atoms with Crippen molar-refractivity contribution in [2.75, 3.05) is 11.1 Å². The number of amides is 1. The highest BCUT2D eigenvalue weighted by molar-refractivity contribution is 9.11. The van der Waals surface area contributed by atoms with Crippen molar-refractivity contribution in [1.29, 1.82) is 0 Å². The lowest BCUT2D eigenvalue weighted by molar-refractivity contribution is -0.113. The Bertz CT molecular complexity index is 1240. The van der Waals surface area contributed by atoms with Crippen LogP contribution in [-0.4, -0.2) is 31.4 Å². The monoisotopic (exact) mass is 591 g/mol. The molecule has 2 aromatic carbocycles. The number of nitrogens with zero attached hydrogens (tertiary/aromatic N) is 4. The second-order valence-electron chi connectivity index (χ2n) is 6.77. The topological polar surface area (TPSA) is 72.7 Å². The molecule has 0 saturated carbocycles. The average molecular weight is 594 g/mol. The minimum absolute atomic E-state index is 0.153. The fourth-order valence-electron chi connectivity index (χ4n) is 2.97. The molecule has 0 fully saturated rings. The molecule has 1 N–H and O–H groups in total. The third-order valence-corrected chi connectivity index (χ3v) is 6.83. The predicted molar refractivity (Wildman–Crippen MR) is 136 cm³/mol. The first-order chi connectivity index (χ1) is 15.4. The first kappa shape index (κ1) is 23.0. The predicted octanol–water partition coefficient (Wildman–Crippen LogP) is 6.55. The maximum absolute atomic E-state index is 12.7. The number of rotatable bonds is 6. The number of hydrogen-bond donors (Lipinski definition) is 1. The summed E-state index contributed by atoms with van der Waals surface area (Å²) in [5.41, 5.74) is 3.27. The van der Waals surface area contributed by atoms with Gasteiger partial charge in [-0.1, -0.05) is 29.4 Å². The third kappa shape index (κ3) is 5.23. The van der Waals surface area contributed by atoms with Crippen molar-refractivity contribution < 1.29 is 4.79 Å². The molecule has 0 spiro atoms. The van der Waals surface area contributed by atoms with Crippen LogP contribution in [0.25, 0.3) is 17.2 Å². The Morgan fingerprint density at radius 3 is 2.47 bits per heavy atom. The number of hydrogen-bond acceptors (Lipinski definition) is 5. The molecule has 0 aliphatic rings. The summed E-state index contributed by atoms with van der Waals surface area (Å²) in [4.78, 5) is 17.1. The summed E-state index contributed by atoms with van der Waals surface area (Å²) < 4.78 is 3.49. The van der Waals surface area contributed by atoms with E-state index >= 15 is 0 Å². The minimum atomic E-state index is -0.162. The fourth-order valence-corrected chi connectivity index (χ4v) is 5.46. The van der Waals surface area contributed by atoms with Gasteiger partial charge in [-0.25, -0.2) is 0 Å². The summed E-state index contributed by atoms with van der Waals surface area (Å²) in [6.45, 7) is 1.99. The highest BCUT2D eigenvalue weighted by Crippen LogP contribution is 2.33. The maximum atomic E-state index is 12.7. The molecule has 0 saturated heterocycles. The van der Waals surface area contributed by atoms with Crippen LogP contribution in [0.2, 0.25) is 5.02 Å². The average Bonchev–Trinajstić information content (AvgIpc) is 3.20. The van der Waals surface area contributed by atoms with Gasteiger partial charge < -0.3 is 5.32 Å². The Hall–Kier alpha value is -2.20. The standard InChI is InChI=1S/C22H16Br2ClN5OS/c1-13-10-16(23)20(17(24)11-13)27-19(31)12-32-22-29-28-21(18-4-2-3-9-26-18)30(22)15-7-5-14(25)6-8-15/h2-11H,12H2,1H3,(H,27,31). The number of carbonyl (C=O) groups is 1. The Labute approximate surface area is 211 Å². The number of carbonyl (C=O) groups excluding carboxylic acids is 1. The Morgan fingerprint density at radius 1 is 1.09 bits per heavy atom. The molecule has 0 unspecified atom stereocenters. The molecule has 4 aromatic rings. The summed E-state index contributed by atoms with van der Waals surface area (Å²) in [5.74, 6) is 0.575. The molecule has 6 nitrogen and oxygen atoms in total. The SMILES string of the molecule is Cc1cc(Br)c(NC(=O)CSc2nnc(-c3ccccn3)n2-c2ccc(Cl)cc2)c(Br)c1. The number of pyridine rings is 1. The Kier molecular flexibility index (Phi) is 7.30. The zero-order valence-electron chi connectivity index (χ0n) is 16.7. The lowest BCUT2D eigenvalue weighted by Gasteiger charge is -2.12. The molecule has 162 valence electrons. The van der Waals surface area contributed by atoms with E-state index in [4.69, 9.17) is 11.6 Å². The molecule has 32 heavy (non-hydrogen) atoms. The van der Waals surface area contributed by atoms with Gasteiger partial charge in [0.2, 0.25) is 5.91 Å². The van der Waals surface area contributed by atoms with Crippen molar-refractivity contribution in [3.05, 3.63) is 80.3 Å². The van der Waals surface area contributed by atoms with Gasteiger partial charge >= 0.3 is 0 Å². The van der Waals surface area contributed by atoms with E-state index in [2.05, 4.69) is 52.4 Å². The molecule has 1 amide bonds. The van der Waals surface area contributed by atoms with Crippen LogP contribution in [0.5, 0.6) is 0 Å². The van der Waals surface area contributed by atoms with Gasteiger partial charge in [-0.2, -0.15) is 0 Å². The summed E-state index contributed by atoms with van der Waals surface area (Å²) in [6.07, 6.45) is 1.70. The lowest BCUT2D eigenvalue weighted by atomic mass is 10.2. The van der Waals surface area contributed by atoms with Crippen molar-refractivity contribution >= 4 is 66.8 Å². The van der Waals surface area contributed by atoms with Gasteiger partial charge in [-0.3, -0.25) is 14.3 Å². The molecular weight excluding hydrogens is 578 g/mol. The van der Waals surface area contributed by atoms with Crippen LogP contribution in [0.3, 0.4) is 0 Å². The summed E-state index contributed by atoms with van der Waals surface area (Å²) in [7, 11) is 0. The van der Waals surface area contributed by atoms with Gasteiger partial charge in [-0.05, 0) is 92.9 Å². The first-order valence-electron chi connectivity index (χ1n) is 9.43. The lowest BCUT2D eigenvalue weighted by Crippen LogP contribution is -2.15. The quantitative estimate of drug-likeness (QED) is 0.257. The summed E-state index contributed by atoms with van der Waals surface area (Å²) in [6, 6.07) is 16.8. The molecule has 0 atom stereocenters. The number of nitrogens with one attached hydrogen (secondary N) is 1. The summed E-state index contributed by atoms with van der Waals surface area (Å²) in [5, 5.41) is 12.8. The van der Waals surface area contributed by atoms with E-state index in [1.54, 1.807) is 18.3 Å². The molecule has 0 aliphatic carbocycles. The van der Waals surface area contributed by atoms with E-state index in [0.717, 1.165) is 20.2 Å². The normalized spacial score (nSPS) is 10.9. The van der Waals surface area contributed by atoms with Gasteiger partial charge in [0.15, 0.2) is 11.0 Å². The molecule has 2 heterocycles. The third-order valence-electron chi connectivity index (χ3n) is 4.40. The van der Waals surface area contributed by atoms with Crippen molar-refractivity contribution in [1.82, 2.24) is 19.7 Å². The zero-order chi connectivity index (χ0) is 22.7. The van der Waals surface area contributed by atoms with Gasteiger partial charge in [-0.15, -0.1) is 10.2 Å².